The zero-order chi connectivity index (χ0) is 14.9. The largest absolute Gasteiger partial charge is 0.335 e. The first kappa shape index (κ1) is 13.5. The van der Waals surface area contributed by atoms with E-state index >= 15 is 0 Å². The number of hydrogen-bond donors (Lipinski definition) is 1. The summed E-state index contributed by atoms with van der Waals surface area (Å²) in [6, 6.07) is 4.22. The number of H-pyrrole nitrogens is 1. The Kier molecular flexibility index (Phi) is 3.41. The average molecular weight is 296 g/mol. The Hall–Kier alpha value is -2.17. The van der Waals surface area contributed by atoms with Gasteiger partial charge in [0.2, 0.25) is 5.91 Å². The van der Waals surface area contributed by atoms with Crippen molar-refractivity contribution in [1.82, 2.24) is 20.1 Å². The highest BCUT2D eigenvalue weighted by molar-refractivity contribution is 5.83. The fourth-order valence-corrected chi connectivity index (χ4v) is 3.63. The zero-order valence-electron chi connectivity index (χ0n) is 12.5. The van der Waals surface area contributed by atoms with E-state index in [0.717, 1.165) is 31.4 Å². The van der Waals surface area contributed by atoms with Crippen LogP contribution in [0.4, 0.5) is 0 Å². The molecule has 22 heavy (non-hydrogen) atoms. The number of nitrogens with zero attached hydrogens (tertiary/aromatic N) is 3. The van der Waals surface area contributed by atoms with Crippen LogP contribution in [0.15, 0.2) is 36.9 Å². The van der Waals surface area contributed by atoms with Gasteiger partial charge in [-0.1, -0.05) is 6.07 Å². The summed E-state index contributed by atoms with van der Waals surface area (Å²) in [6.07, 6.45) is 11.7. The van der Waals surface area contributed by atoms with Gasteiger partial charge in [-0.2, -0.15) is 5.10 Å². The van der Waals surface area contributed by atoms with Gasteiger partial charge in [-0.25, -0.2) is 0 Å². The Morgan fingerprint density at radius 2 is 2.23 bits per heavy atom. The summed E-state index contributed by atoms with van der Waals surface area (Å²) in [5, 5.41) is 6.91. The van der Waals surface area contributed by atoms with Crippen molar-refractivity contribution in [2.24, 2.45) is 5.92 Å². The highest BCUT2D eigenvalue weighted by Crippen LogP contribution is 2.49. The van der Waals surface area contributed by atoms with Gasteiger partial charge in [0.15, 0.2) is 0 Å². The zero-order valence-corrected chi connectivity index (χ0v) is 12.5. The highest BCUT2D eigenvalue weighted by Gasteiger charge is 2.47. The Labute approximate surface area is 129 Å². The van der Waals surface area contributed by atoms with E-state index in [1.54, 1.807) is 6.20 Å². The van der Waals surface area contributed by atoms with Crippen LogP contribution in [0, 0.1) is 5.92 Å². The van der Waals surface area contributed by atoms with E-state index in [2.05, 4.69) is 26.1 Å². The molecule has 2 fully saturated rings. The lowest BCUT2D eigenvalue weighted by atomic mass is 9.96. The van der Waals surface area contributed by atoms with E-state index in [1.807, 2.05) is 24.7 Å². The first-order valence-corrected chi connectivity index (χ1v) is 8.03. The number of amides is 1. The van der Waals surface area contributed by atoms with Crippen LogP contribution in [0.5, 0.6) is 0 Å². The molecule has 2 aliphatic rings. The van der Waals surface area contributed by atoms with Gasteiger partial charge in [0, 0.05) is 36.6 Å². The lowest BCUT2D eigenvalue weighted by Crippen LogP contribution is -2.39. The van der Waals surface area contributed by atoms with Gasteiger partial charge in [0.05, 0.1) is 12.2 Å². The first-order valence-electron chi connectivity index (χ1n) is 8.03. The van der Waals surface area contributed by atoms with Gasteiger partial charge in [0.25, 0.3) is 0 Å². The number of aromatic amines is 1. The molecule has 0 aromatic carbocycles. The Bertz CT molecular complexity index is 640. The van der Waals surface area contributed by atoms with Crippen molar-refractivity contribution in [3.8, 4) is 0 Å². The van der Waals surface area contributed by atoms with Crippen LogP contribution in [0.3, 0.4) is 0 Å². The van der Waals surface area contributed by atoms with Gasteiger partial charge in [0.1, 0.15) is 0 Å². The SMILES string of the molecule is O=C([C@@H]1C[C@@H]1c1cccnc1)N1CCCC[C@@H]1c1cn[nH]c1. The molecule has 1 amide bonds. The maximum atomic E-state index is 12.9. The minimum atomic E-state index is 0.136. The van der Waals surface area contributed by atoms with Gasteiger partial charge >= 0.3 is 0 Å². The van der Waals surface area contributed by atoms with Gasteiger partial charge in [-0.15, -0.1) is 0 Å². The lowest BCUT2D eigenvalue weighted by Gasteiger charge is -2.35. The molecule has 0 unspecified atom stereocenters. The molecule has 1 saturated carbocycles. The minimum absolute atomic E-state index is 0.136. The number of aromatic nitrogens is 3. The van der Waals surface area contributed by atoms with Crippen molar-refractivity contribution in [1.29, 1.82) is 0 Å². The molecule has 1 saturated heterocycles. The Morgan fingerprint density at radius 3 is 3.00 bits per heavy atom. The Morgan fingerprint density at radius 1 is 1.27 bits per heavy atom. The van der Waals surface area contributed by atoms with Gasteiger partial charge < -0.3 is 4.90 Å². The topological polar surface area (TPSA) is 61.9 Å². The second-order valence-corrected chi connectivity index (χ2v) is 6.31. The van der Waals surface area contributed by atoms with E-state index in [9.17, 15) is 4.79 Å². The molecule has 2 aromatic rings. The van der Waals surface area contributed by atoms with Crippen LogP contribution in [0.25, 0.3) is 0 Å². The normalized spacial score (nSPS) is 27.6. The fourth-order valence-electron chi connectivity index (χ4n) is 3.63. The monoisotopic (exact) mass is 296 g/mol. The number of piperidine rings is 1. The van der Waals surface area contributed by atoms with Crippen molar-refractivity contribution >= 4 is 5.91 Å². The number of likely N-dealkylation sites (tertiary alicyclic amines) is 1. The van der Waals surface area contributed by atoms with E-state index in [-0.39, 0.29) is 12.0 Å². The summed E-state index contributed by atoms with van der Waals surface area (Å²) < 4.78 is 0. The van der Waals surface area contributed by atoms with E-state index in [0.29, 0.717) is 11.8 Å². The molecule has 3 heterocycles. The van der Waals surface area contributed by atoms with Crippen LogP contribution in [-0.4, -0.2) is 32.5 Å². The summed E-state index contributed by atoms with van der Waals surface area (Å²) in [5.74, 6) is 0.796. The molecular weight excluding hydrogens is 276 g/mol. The number of carbonyl (C=O) groups excluding carboxylic acids is 1. The fraction of sp³-hybridized carbons (Fsp3) is 0.471. The van der Waals surface area contributed by atoms with Crippen molar-refractivity contribution < 1.29 is 4.79 Å². The third-order valence-corrected chi connectivity index (χ3v) is 4.91. The van der Waals surface area contributed by atoms with E-state index < -0.39 is 0 Å². The number of rotatable bonds is 3. The summed E-state index contributed by atoms with van der Waals surface area (Å²) >= 11 is 0. The predicted octanol–water partition coefficient (Wildman–Crippen LogP) is 2.66. The van der Waals surface area contributed by atoms with Crippen LogP contribution >= 0.6 is 0 Å². The van der Waals surface area contributed by atoms with Crippen LogP contribution in [-0.2, 0) is 4.79 Å². The summed E-state index contributed by atoms with van der Waals surface area (Å²) in [7, 11) is 0. The Balaban J connectivity index is 1.50. The predicted molar refractivity (Wildman–Crippen MR) is 82.0 cm³/mol. The maximum absolute atomic E-state index is 12.9. The first-order chi connectivity index (χ1) is 10.8. The molecule has 5 heteroatoms. The lowest BCUT2D eigenvalue weighted by molar-refractivity contribution is -0.136. The maximum Gasteiger partial charge on any atom is 0.226 e. The smallest absolute Gasteiger partial charge is 0.226 e. The van der Waals surface area contributed by atoms with Crippen molar-refractivity contribution in [3.63, 3.8) is 0 Å². The second-order valence-electron chi connectivity index (χ2n) is 6.31. The molecule has 3 atom stereocenters. The molecule has 2 aromatic heterocycles. The molecular formula is C17H20N4O. The average Bonchev–Trinajstić information content (AvgIpc) is 3.20. The highest BCUT2D eigenvalue weighted by atomic mass is 16.2. The van der Waals surface area contributed by atoms with Crippen molar-refractivity contribution in [3.05, 3.63) is 48.0 Å². The van der Waals surface area contributed by atoms with E-state index in [4.69, 9.17) is 0 Å². The summed E-state index contributed by atoms with van der Waals surface area (Å²) in [6.45, 7) is 0.866. The molecule has 5 nitrogen and oxygen atoms in total. The van der Waals surface area contributed by atoms with Gasteiger partial charge in [-0.3, -0.25) is 14.9 Å². The second kappa shape index (κ2) is 5.55. The number of pyridine rings is 1. The number of carbonyl (C=O) groups is 1. The standard InChI is InChI=1S/C17H20N4O/c22-17(15-8-14(15)12-4-3-6-18-9-12)21-7-2-1-5-16(21)13-10-19-20-11-13/h3-4,6,9-11,14-16H,1-2,5,7-8H2,(H,19,20)/t14-,15-,16-/m1/s1. The molecule has 1 aliphatic heterocycles. The third-order valence-electron chi connectivity index (χ3n) is 4.91. The molecule has 114 valence electrons. The molecule has 0 bridgehead atoms. The van der Waals surface area contributed by atoms with Gasteiger partial charge in [-0.05, 0) is 43.2 Å². The van der Waals surface area contributed by atoms with Crippen molar-refractivity contribution in [2.45, 2.75) is 37.6 Å². The van der Waals surface area contributed by atoms with Crippen LogP contribution in [0.1, 0.15) is 48.8 Å². The van der Waals surface area contributed by atoms with Crippen molar-refractivity contribution in [2.75, 3.05) is 6.54 Å². The number of hydrogen-bond acceptors (Lipinski definition) is 3. The molecule has 1 aliphatic carbocycles. The summed E-state index contributed by atoms with van der Waals surface area (Å²) in [4.78, 5) is 19.2. The number of nitrogens with one attached hydrogen (secondary N) is 1. The summed E-state index contributed by atoms with van der Waals surface area (Å²) in [5.41, 5.74) is 2.32. The molecule has 0 radical (unpaired) electrons. The van der Waals surface area contributed by atoms with Crippen LogP contribution in [0.2, 0.25) is 0 Å². The molecule has 4 rings (SSSR count). The van der Waals surface area contributed by atoms with Crippen LogP contribution < -0.4 is 0 Å². The third kappa shape index (κ3) is 2.40. The quantitative estimate of drug-likeness (QED) is 0.947. The molecule has 0 spiro atoms. The minimum Gasteiger partial charge on any atom is -0.335 e. The molecule has 1 N–H and O–H groups in total. The van der Waals surface area contributed by atoms with E-state index in [1.165, 1.54) is 12.0 Å².